The Morgan fingerprint density at radius 1 is 1.36 bits per heavy atom. The number of ether oxygens (including phenoxy) is 2. The van der Waals surface area contributed by atoms with Crippen LogP contribution < -0.4 is 0 Å². The van der Waals surface area contributed by atoms with Gasteiger partial charge in [0.2, 0.25) is 0 Å². The molecule has 0 heterocycles. The van der Waals surface area contributed by atoms with E-state index in [1.54, 1.807) is 14.2 Å². The first-order valence-corrected chi connectivity index (χ1v) is 9.59. The molecular weight excluding hydrogens is 308 g/mol. The molecule has 1 fully saturated rings. The lowest BCUT2D eigenvalue weighted by molar-refractivity contribution is 0.276. The summed E-state index contributed by atoms with van der Waals surface area (Å²) in [7, 11) is 3.56. The lowest BCUT2D eigenvalue weighted by atomic mass is 9.77. The highest BCUT2D eigenvalue weighted by molar-refractivity contribution is 5.33. The highest BCUT2D eigenvalue weighted by atomic mass is 16.5. The van der Waals surface area contributed by atoms with Crippen LogP contribution in [0.2, 0.25) is 0 Å². The zero-order valence-electron chi connectivity index (χ0n) is 16.6. The van der Waals surface area contributed by atoms with E-state index in [9.17, 15) is 0 Å². The van der Waals surface area contributed by atoms with Crippen LogP contribution in [-0.2, 0) is 9.47 Å². The molecule has 2 unspecified atom stereocenters. The van der Waals surface area contributed by atoms with E-state index in [0.29, 0.717) is 5.92 Å². The molecule has 2 aliphatic carbocycles. The van der Waals surface area contributed by atoms with Gasteiger partial charge in [0, 0.05) is 6.42 Å². The van der Waals surface area contributed by atoms with E-state index in [1.165, 1.54) is 24.0 Å². The van der Waals surface area contributed by atoms with Crippen molar-refractivity contribution in [1.82, 2.24) is 0 Å². The summed E-state index contributed by atoms with van der Waals surface area (Å²) < 4.78 is 11.3. The monoisotopic (exact) mass is 342 g/mol. The Balaban J connectivity index is 2.21. The van der Waals surface area contributed by atoms with Gasteiger partial charge >= 0.3 is 0 Å². The fourth-order valence-corrected chi connectivity index (χ4v) is 4.11. The van der Waals surface area contributed by atoms with E-state index in [1.807, 2.05) is 0 Å². The molecule has 0 aromatic heterocycles. The number of rotatable bonds is 7. The van der Waals surface area contributed by atoms with Crippen LogP contribution in [0.3, 0.4) is 0 Å². The van der Waals surface area contributed by atoms with Crippen LogP contribution in [-0.4, -0.2) is 14.2 Å². The second kappa shape index (κ2) is 9.12. The molecule has 0 bridgehead atoms. The first kappa shape index (κ1) is 19.6. The summed E-state index contributed by atoms with van der Waals surface area (Å²) in [5, 5.41) is 0. The predicted octanol–water partition coefficient (Wildman–Crippen LogP) is 6.49. The maximum Gasteiger partial charge on any atom is 0.118 e. The number of methoxy groups -OCH3 is 2. The second-order valence-electron chi connectivity index (χ2n) is 7.48. The van der Waals surface area contributed by atoms with Crippen molar-refractivity contribution in [3.63, 3.8) is 0 Å². The Morgan fingerprint density at radius 3 is 2.84 bits per heavy atom. The third-order valence-electron chi connectivity index (χ3n) is 5.60. The van der Waals surface area contributed by atoms with Crippen molar-refractivity contribution in [2.75, 3.05) is 14.2 Å². The van der Waals surface area contributed by atoms with Gasteiger partial charge < -0.3 is 9.47 Å². The second-order valence-corrected chi connectivity index (χ2v) is 7.48. The summed E-state index contributed by atoms with van der Waals surface area (Å²) in [6.45, 7) is 6.92. The highest BCUT2D eigenvalue weighted by Crippen LogP contribution is 2.51. The molecule has 0 N–H and O–H groups in total. The average Bonchev–Trinajstić information content (AvgIpc) is 2.80. The van der Waals surface area contributed by atoms with Crippen molar-refractivity contribution >= 4 is 0 Å². The van der Waals surface area contributed by atoms with Gasteiger partial charge in [0.1, 0.15) is 5.76 Å². The molecule has 0 amide bonds. The maximum absolute atomic E-state index is 5.78. The van der Waals surface area contributed by atoms with Gasteiger partial charge in [0.15, 0.2) is 0 Å². The van der Waals surface area contributed by atoms with Gasteiger partial charge in [-0.15, -0.1) is 0 Å². The summed E-state index contributed by atoms with van der Waals surface area (Å²) in [6.07, 6.45) is 19.7. The van der Waals surface area contributed by atoms with E-state index >= 15 is 0 Å². The number of hydrogen-bond donors (Lipinski definition) is 0. The van der Waals surface area contributed by atoms with Crippen LogP contribution in [0.4, 0.5) is 0 Å². The Hall–Kier alpha value is -1.70. The van der Waals surface area contributed by atoms with Crippen molar-refractivity contribution in [3.05, 3.63) is 59.1 Å². The summed E-state index contributed by atoms with van der Waals surface area (Å²) in [5.74, 6) is 2.72. The van der Waals surface area contributed by atoms with Crippen LogP contribution in [0.25, 0.3) is 0 Å². The predicted molar refractivity (Wildman–Crippen MR) is 106 cm³/mol. The fourth-order valence-electron chi connectivity index (χ4n) is 4.11. The minimum atomic E-state index is 0.209. The third-order valence-corrected chi connectivity index (χ3v) is 5.60. The molecule has 2 heteroatoms. The van der Waals surface area contributed by atoms with Crippen molar-refractivity contribution in [3.8, 4) is 0 Å². The summed E-state index contributed by atoms with van der Waals surface area (Å²) in [4.78, 5) is 0. The van der Waals surface area contributed by atoms with Gasteiger partial charge in [-0.2, -0.15) is 0 Å². The first-order chi connectivity index (χ1) is 12.0. The van der Waals surface area contributed by atoms with E-state index in [-0.39, 0.29) is 5.41 Å². The zero-order valence-corrected chi connectivity index (χ0v) is 16.6. The Bertz CT molecular complexity index is 604. The third kappa shape index (κ3) is 4.90. The minimum Gasteiger partial charge on any atom is -0.501 e. The molecule has 2 nitrogen and oxygen atoms in total. The van der Waals surface area contributed by atoms with Crippen molar-refractivity contribution < 1.29 is 9.47 Å². The molecule has 0 aliphatic heterocycles. The fraction of sp³-hybridized carbons (Fsp3) is 0.565. The highest BCUT2D eigenvalue weighted by Gasteiger charge is 2.40. The minimum absolute atomic E-state index is 0.209. The van der Waals surface area contributed by atoms with Gasteiger partial charge in [-0.1, -0.05) is 45.1 Å². The van der Waals surface area contributed by atoms with Gasteiger partial charge in [0.25, 0.3) is 0 Å². The van der Waals surface area contributed by atoms with Crippen LogP contribution in [0.5, 0.6) is 0 Å². The molecule has 0 spiro atoms. The number of hydrogen-bond acceptors (Lipinski definition) is 2. The molecule has 2 aliphatic rings. The molecule has 138 valence electrons. The Labute approximate surface area is 154 Å². The van der Waals surface area contributed by atoms with Crippen molar-refractivity contribution in [2.24, 2.45) is 11.3 Å². The molecular formula is C23H34O2. The first-order valence-electron chi connectivity index (χ1n) is 9.59. The lowest BCUT2D eigenvalue weighted by Crippen LogP contribution is -2.18. The van der Waals surface area contributed by atoms with Crippen LogP contribution in [0.1, 0.15) is 59.3 Å². The quantitative estimate of drug-likeness (QED) is 0.493. The van der Waals surface area contributed by atoms with Gasteiger partial charge in [-0.3, -0.25) is 0 Å². The summed E-state index contributed by atoms with van der Waals surface area (Å²) in [5.41, 5.74) is 3.06. The summed E-state index contributed by atoms with van der Waals surface area (Å²) >= 11 is 0. The van der Waals surface area contributed by atoms with E-state index in [2.05, 4.69) is 57.2 Å². The molecule has 0 radical (unpaired) electrons. The van der Waals surface area contributed by atoms with Crippen LogP contribution in [0.15, 0.2) is 59.1 Å². The molecule has 25 heavy (non-hydrogen) atoms. The van der Waals surface area contributed by atoms with E-state index in [0.717, 1.165) is 37.2 Å². The van der Waals surface area contributed by atoms with Crippen molar-refractivity contribution in [1.29, 1.82) is 0 Å². The zero-order chi connectivity index (χ0) is 18.3. The molecule has 2 rings (SSSR count). The topological polar surface area (TPSA) is 18.5 Å². The SMILES string of the molecule is CC/C=C\C(OC)=C1/C(C)CCC1(C)CCC1=CC=CCC(OC)=C1. The molecule has 0 aromatic rings. The largest absolute Gasteiger partial charge is 0.501 e. The number of allylic oxidation sites excluding steroid dienone is 8. The molecule has 1 saturated carbocycles. The van der Waals surface area contributed by atoms with Crippen LogP contribution >= 0.6 is 0 Å². The van der Waals surface area contributed by atoms with E-state index in [4.69, 9.17) is 9.47 Å². The summed E-state index contributed by atoms with van der Waals surface area (Å²) in [6, 6.07) is 0. The average molecular weight is 343 g/mol. The van der Waals surface area contributed by atoms with Crippen LogP contribution in [0, 0.1) is 11.3 Å². The lowest BCUT2D eigenvalue weighted by Gasteiger charge is -2.29. The maximum atomic E-state index is 5.78. The smallest absolute Gasteiger partial charge is 0.118 e. The van der Waals surface area contributed by atoms with Gasteiger partial charge in [0.05, 0.1) is 20.0 Å². The molecule has 0 aromatic carbocycles. The standard InChI is InChI=1S/C23H34O2/c1-6-7-12-21(25-5)22-18(2)13-15-23(22,3)16-14-19-10-8-9-11-20(17-19)24-4/h7-10,12,17-18H,6,11,13-16H2,1-5H3/b12-7-,22-21-. The Kier molecular flexibility index (Phi) is 7.16. The van der Waals surface area contributed by atoms with E-state index < -0.39 is 0 Å². The van der Waals surface area contributed by atoms with Gasteiger partial charge in [-0.25, -0.2) is 0 Å². The van der Waals surface area contributed by atoms with Gasteiger partial charge in [-0.05, 0) is 66.7 Å². The molecule has 2 atom stereocenters. The normalized spacial score (nSPS) is 28.6. The molecule has 0 saturated heterocycles. The van der Waals surface area contributed by atoms with Crippen molar-refractivity contribution in [2.45, 2.75) is 59.3 Å². The Morgan fingerprint density at radius 2 is 2.16 bits per heavy atom.